The number of nitrogens with zero attached hydrogens (tertiary/aromatic N) is 1. The molecule has 0 fully saturated rings. The molecule has 0 saturated heterocycles. The van der Waals surface area contributed by atoms with Gasteiger partial charge in [-0.1, -0.05) is 24.3 Å². The summed E-state index contributed by atoms with van der Waals surface area (Å²) in [5.74, 6) is 0.583. The second kappa shape index (κ2) is 10.2. The van der Waals surface area contributed by atoms with E-state index in [1.54, 1.807) is 0 Å². The van der Waals surface area contributed by atoms with Gasteiger partial charge in [-0.15, -0.1) is 0 Å². The van der Waals surface area contributed by atoms with Crippen molar-refractivity contribution in [2.24, 2.45) is 0 Å². The van der Waals surface area contributed by atoms with Crippen LogP contribution in [0.1, 0.15) is 47.8 Å². The first kappa shape index (κ1) is 24.3. The third-order valence-corrected chi connectivity index (χ3v) is 6.53. The number of rotatable bonds is 8. The molecule has 5 nitrogen and oxygen atoms in total. The summed E-state index contributed by atoms with van der Waals surface area (Å²) in [5, 5.41) is 3.47. The van der Waals surface area contributed by atoms with Gasteiger partial charge in [-0.3, -0.25) is 0 Å². The number of esters is 1. The number of benzene rings is 3. The molecule has 35 heavy (non-hydrogen) atoms. The Labute approximate surface area is 207 Å². The number of anilines is 1. The Kier molecular flexibility index (Phi) is 7.06. The van der Waals surface area contributed by atoms with E-state index in [9.17, 15) is 4.79 Å². The molecule has 1 heterocycles. The molecule has 1 N–H and O–H groups in total. The number of hydrogen-bond acceptors (Lipinski definition) is 4. The summed E-state index contributed by atoms with van der Waals surface area (Å²) >= 11 is 0. The smallest absolute Gasteiger partial charge is 0.337 e. The van der Waals surface area contributed by atoms with E-state index in [2.05, 4.69) is 79.3 Å². The average Bonchev–Trinajstić information content (AvgIpc) is 3.06. The van der Waals surface area contributed by atoms with Gasteiger partial charge in [-0.25, -0.2) is 4.79 Å². The van der Waals surface area contributed by atoms with Crippen LogP contribution in [0, 0.1) is 0 Å². The monoisotopic (exact) mass is 469 g/mol. The van der Waals surface area contributed by atoms with Crippen molar-refractivity contribution in [3.05, 3.63) is 95.1 Å². The molecule has 0 bridgehead atoms. The van der Waals surface area contributed by atoms with E-state index in [4.69, 9.17) is 9.47 Å². The van der Waals surface area contributed by atoms with Crippen molar-refractivity contribution in [3.63, 3.8) is 0 Å². The molecule has 4 rings (SSSR count). The highest BCUT2D eigenvalue weighted by atomic mass is 16.5. The number of hydrogen-bond donors (Lipinski definition) is 1. The summed E-state index contributed by atoms with van der Waals surface area (Å²) in [6.07, 6.45) is 4.30. The maximum Gasteiger partial charge on any atom is 0.337 e. The van der Waals surface area contributed by atoms with Crippen LogP contribution in [0.5, 0.6) is 5.75 Å². The first-order valence-electron chi connectivity index (χ1n) is 11.9. The highest BCUT2D eigenvalue weighted by Gasteiger charge is 2.43. The molecule has 3 aromatic carbocycles. The van der Waals surface area contributed by atoms with Crippen molar-refractivity contribution in [1.29, 1.82) is 0 Å². The average molecular weight is 470 g/mol. The largest absolute Gasteiger partial charge is 0.494 e. The van der Waals surface area contributed by atoms with Crippen molar-refractivity contribution in [1.82, 2.24) is 0 Å². The molecule has 0 saturated carbocycles. The Balaban J connectivity index is 1.44. The second-order valence-corrected chi connectivity index (χ2v) is 9.18. The minimum atomic E-state index is -0.313. The summed E-state index contributed by atoms with van der Waals surface area (Å²) in [7, 11) is 3.48. The Bertz CT molecular complexity index is 1270. The van der Waals surface area contributed by atoms with Crippen LogP contribution in [0.4, 0.5) is 11.4 Å². The fourth-order valence-electron chi connectivity index (χ4n) is 4.54. The SMILES string of the molecule is CCOc1ccc(CNc2ccc(C=CC3=[N+](C)c4ccc(C(=O)OC)cc4C3(C)C)cc2)cc1. The maximum atomic E-state index is 12.0. The number of ether oxygens (including phenoxy) is 2. The number of carbonyl (C=O) groups excluding carboxylic acids is 1. The lowest BCUT2D eigenvalue weighted by molar-refractivity contribution is -0.401. The molecule has 0 atom stereocenters. The van der Waals surface area contributed by atoms with Crippen molar-refractivity contribution >= 4 is 29.1 Å². The van der Waals surface area contributed by atoms with Gasteiger partial charge in [-0.05, 0) is 74.4 Å². The first-order chi connectivity index (χ1) is 16.8. The van der Waals surface area contributed by atoms with Gasteiger partial charge in [0.1, 0.15) is 12.8 Å². The van der Waals surface area contributed by atoms with Crippen LogP contribution in [0.15, 0.2) is 72.8 Å². The van der Waals surface area contributed by atoms with Gasteiger partial charge in [-0.2, -0.15) is 4.58 Å². The van der Waals surface area contributed by atoms with Crippen molar-refractivity contribution < 1.29 is 18.8 Å². The summed E-state index contributed by atoms with van der Waals surface area (Å²) in [4.78, 5) is 12.0. The van der Waals surface area contributed by atoms with E-state index < -0.39 is 0 Å². The molecule has 3 aromatic rings. The Morgan fingerprint density at radius 1 is 1.00 bits per heavy atom. The van der Waals surface area contributed by atoms with Gasteiger partial charge in [0.15, 0.2) is 5.71 Å². The standard InChI is InChI=1S/C30H32N2O3/c1-6-35-25-15-9-22(10-16-25)20-31-24-13-7-21(8-14-24)11-18-28-30(2,3)26-19-23(29(33)34-5)12-17-27(26)32(28)4/h7-19H,6,20H2,1-5H3/p+1. The Morgan fingerprint density at radius 2 is 1.71 bits per heavy atom. The van der Waals surface area contributed by atoms with Crippen LogP contribution in [0.25, 0.3) is 6.08 Å². The number of allylic oxidation sites excluding steroid dienone is 1. The van der Waals surface area contributed by atoms with Crippen LogP contribution in [-0.4, -0.2) is 37.0 Å². The molecule has 1 aliphatic heterocycles. The lowest BCUT2D eigenvalue weighted by Crippen LogP contribution is -2.26. The van der Waals surface area contributed by atoms with Crippen LogP contribution >= 0.6 is 0 Å². The van der Waals surface area contributed by atoms with Crippen LogP contribution in [-0.2, 0) is 16.7 Å². The molecule has 0 spiro atoms. The highest BCUT2D eigenvalue weighted by molar-refractivity contribution is 6.05. The molecular weight excluding hydrogens is 436 g/mol. The van der Waals surface area contributed by atoms with Crippen molar-refractivity contribution in [2.45, 2.75) is 32.7 Å². The summed E-state index contributed by atoms with van der Waals surface area (Å²) in [5.41, 5.74) is 7.15. The van der Waals surface area contributed by atoms with E-state index in [-0.39, 0.29) is 11.4 Å². The summed E-state index contributed by atoms with van der Waals surface area (Å²) in [6.45, 7) is 7.79. The van der Waals surface area contributed by atoms with E-state index in [1.165, 1.54) is 18.4 Å². The fourth-order valence-corrected chi connectivity index (χ4v) is 4.54. The van der Waals surface area contributed by atoms with Gasteiger partial charge < -0.3 is 14.8 Å². The molecule has 0 amide bonds. The molecule has 0 unspecified atom stereocenters. The predicted octanol–water partition coefficient (Wildman–Crippen LogP) is 6.20. The third-order valence-electron chi connectivity index (χ3n) is 6.53. The summed E-state index contributed by atoms with van der Waals surface area (Å²) < 4.78 is 12.6. The quantitative estimate of drug-likeness (QED) is 0.315. The van der Waals surface area contributed by atoms with E-state index >= 15 is 0 Å². The third kappa shape index (κ3) is 5.14. The summed E-state index contributed by atoms with van der Waals surface area (Å²) in [6, 6.07) is 22.4. The maximum absolute atomic E-state index is 12.0. The van der Waals surface area contributed by atoms with Crippen LogP contribution in [0.3, 0.4) is 0 Å². The Morgan fingerprint density at radius 3 is 2.37 bits per heavy atom. The highest BCUT2D eigenvalue weighted by Crippen LogP contribution is 2.40. The van der Waals surface area contributed by atoms with E-state index in [0.717, 1.165) is 34.8 Å². The van der Waals surface area contributed by atoms with Crippen molar-refractivity contribution in [3.8, 4) is 5.75 Å². The van der Waals surface area contributed by atoms with Crippen molar-refractivity contribution in [2.75, 3.05) is 26.1 Å². The number of methoxy groups -OCH3 is 1. The molecule has 0 aliphatic carbocycles. The van der Waals surface area contributed by atoms with Gasteiger partial charge in [0, 0.05) is 29.9 Å². The fraction of sp³-hybridized carbons (Fsp3) is 0.267. The normalized spacial score (nSPS) is 14.2. The zero-order chi connectivity index (χ0) is 25.0. The molecule has 0 radical (unpaired) electrons. The lowest BCUT2D eigenvalue weighted by atomic mass is 9.80. The minimum absolute atomic E-state index is 0.232. The van der Waals surface area contributed by atoms with Gasteiger partial charge in [0.25, 0.3) is 0 Å². The van der Waals surface area contributed by atoms with E-state index in [1.807, 2.05) is 37.3 Å². The number of fused-ring (bicyclic) bond motifs is 1. The molecular formula is C30H33N2O3+. The topological polar surface area (TPSA) is 50.6 Å². The number of carbonyl (C=O) groups is 1. The minimum Gasteiger partial charge on any atom is -0.494 e. The van der Waals surface area contributed by atoms with Gasteiger partial charge in [0.05, 0.1) is 24.7 Å². The van der Waals surface area contributed by atoms with Crippen LogP contribution in [0.2, 0.25) is 0 Å². The van der Waals surface area contributed by atoms with Gasteiger partial charge >= 0.3 is 5.97 Å². The zero-order valence-electron chi connectivity index (χ0n) is 21.1. The number of nitrogens with one attached hydrogen (secondary N) is 1. The van der Waals surface area contributed by atoms with Gasteiger partial charge in [0.2, 0.25) is 5.69 Å². The molecule has 180 valence electrons. The molecule has 5 heteroatoms. The first-order valence-corrected chi connectivity index (χ1v) is 11.9. The van der Waals surface area contributed by atoms with E-state index in [0.29, 0.717) is 12.2 Å². The predicted molar refractivity (Wildman–Crippen MR) is 142 cm³/mol. The molecule has 1 aliphatic rings. The second-order valence-electron chi connectivity index (χ2n) is 9.18. The lowest BCUT2D eigenvalue weighted by Gasteiger charge is -2.16. The molecule has 0 aromatic heterocycles. The van der Waals surface area contributed by atoms with Crippen LogP contribution < -0.4 is 10.1 Å². The zero-order valence-corrected chi connectivity index (χ0v) is 21.1. The Hall–Kier alpha value is -3.86.